The minimum atomic E-state index is -0.977. The molecule has 9 aromatic rings. The number of aryl methyl sites for hydroxylation is 4. The van der Waals surface area contributed by atoms with E-state index in [0.717, 1.165) is 0 Å². The number of hydrogen-bond donors (Lipinski definition) is 4. The van der Waals surface area contributed by atoms with Crippen LogP contribution in [-0.2, 0) is 0 Å². The second kappa shape index (κ2) is 15.1. The predicted octanol–water partition coefficient (Wildman–Crippen LogP) is 6.59. The third-order valence-corrected chi connectivity index (χ3v) is 11.1. The Morgan fingerprint density at radius 3 is 0.817 bits per heavy atom. The van der Waals surface area contributed by atoms with E-state index in [1.807, 2.05) is 121 Å². The van der Waals surface area contributed by atoms with Crippen molar-refractivity contribution >= 4 is 0 Å². The summed E-state index contributed by atoms with van der Waals surface area (Å²) in [6, 6.07) is 42.2. The second-order valence-electron chi connectivity index (χ2n) is 14.9. The quantitative estimate of drug-likeness (QED) is 0.123. The number of H-pyrrole nitrogens is 4. The molecule has 13 heteroatoms. The molecule has 0 spiro atoms. The first-order valence-corrected chi connectivity index (χ1v) is 19.6. The third-order valence-electron chi connectivity index (χ3n) is 11.1. The summed E-state index contributed by atoms with van der Waals surface area (Å²) >= 11 is 0. The monoisotopic (exact) mass is 795 g/mol. The maximum Gasteiger partial charge on any atom is 0.275 e. The molecule has 0 saturated heterocycles. The Bertz CT molecular complexity index is 2820. The van der Waals surface area contributed by atoms with E-state index >= 15 is 0 Å². The van der Waals surface area contributed by atoms with Crippen LogP contribution in [0.4, 0.5) is 0 Å². The van der Waals surface area contributed by atoms with Gasteiger partial charge in [-0.25, -0.2) is 18.7 Å². The predicted molar refractivity (Wildman–Crippen MR) is 231 cm³/mol. The van der Waals surface area contributed by atoms with Crippen molar-refractivity contribution in [3.63, 3.8) is 0 Å². The summed E-state index contributed by atoms with van der Waals surface area (Å²) in [5.74, 6) is -1.95. The SMILES string of the molecule is Cc1[nH]n(-c2ccccc2)c(=O)c1C(c1cccc(C(c2c(C)[nH]n(-c3ccccc3)c2=O)c2c(C)[nH]n(-c3ccccc3)c2=O)n1)c1c(C)[nH]n(-c2ccccc2)c1=O. The highest BCUT2D eigenvalue weighted by Crippen LogP contribution is 2.35. The number of benzene rings is 4. The second-order valence-corrected chi connectivity index (χ2v) is 14.9. The van der Waals surface area contributed by atoms with Gasteiger partial charge in [-0.15, -0.1) is 0 Å². The van der Waals surface area contributed by atoms with Gasteiger partial charge in [-0.1, -0.05) is 78.9 Å². The van der Waals surface area contributed by atoms with Gasteiger partial charge in [0, 0.05) is 22.8 Å². The zero-order valence-corrected chi connectivity index (χ0v) is 33.3. The molecule has 0 amide bonds. The number of nitrogens with zero attached hydrogens (tertiary/aromatic N) is 5. The number of pyridine rings is 1. The molecule has 0 atom stereocenters. The van der Waals surface area contributed by atoms with Crippen LogP contribution in [0.5, 0.6) is 0 Å². The summed E-state index contributed by atoms with van der Waals surface area (Å²) in [4.78, 5) is 64.0. The van der Waals surface area contributed by atoms with Crippen molar-refractivity contribution in [1.82, 2.24) is 44.1 Å². The minimum absolute atomic E-state index is 0.327. The maximum absolute atomic E-state index is 14.7. The molecule has 4 aromatic carbocycles. The molecule has 5 heterocycles. The van der Waals surface area contributed by atoms with Crippen LogP contribution < -0.4 is 22.2 Å². The van der Waals surface area contributed by atoms with E-state index in [9.17, 15) is 19.2 Å². The molecule has 0 saturated carbocycles. The molecule has 5 aromatic heterocycles. The highest BCUT2D eigenvalue weighted by molar-refractivity contribution is 5.49. The lowest BCUT2D eigenvalue weighted by Crippen LogP contribution is -2.27. The van der Waals surface area contributed by atoms with Crippen molar-refractivity contribution in [2.45, 2.75) is 39.5 Å². The first-order chi connectivity index (χ1) is 29.1. The Hall–Kier alpha value is -7.93. The Kier molecular flexibility index (Phi) is 9.47. The lowest BCUT2D eigenvalue weighted by atomic mass is 9.85. The zero-order chi connectivity index (χ0) is 41.7. The van der Waals surface area contributed by atoms with Crippen molar-refractivity contribution in [2.24, 2.45) is 0 Å². The molecule has 0 unspecified atom stereocenters. The smallest absolute Gasteiger partial charge is 0.275 e. The lowest BCUT2D eigenvalue weighted by molar-refractivity contribution is 0.810. The van der Waals surface area contributed by atoms with Crippen LogP contribution in [0.25, 0.3) is 22.7 Å². The molecule has 0 aliphatic heterocycles. The number of hydrogen-bond acceptors (Lipinski definition) is 5. The number of para-hydroxylation sites is 4. The van der Waals surface area contributed by atoms with Crippen LogP contribution in [-0.4, -0.2) is 44.1 Å². The normalized spacial score (nSPS) is 11.6. The van der Waals surface area contributed by atoms with Gasteiger partial charge in [0.25, 0.3) is 22.2 Å². The summed E-state index contributed by atoms with van der Waals surface area (Å²) in [7, 11) is 0. The topological polar surface area (TPSA) is 164 Å². The van der Waals surface area contributed by atoms with Crippen LogP contribution in [0.3, 0.4) is 0 Å². The summed E-state index contributed by atoms with van der Waals surface area (Å²) in [5.41, 5.74) is 5.35. The van der Waals surface area contributed by atoms with Crippen molar-refractivity contribution in [1.29, 1.82) is 0 Å². The average Bonchev–Trinajstić information content (AvgIpc) is 3.95. The summed E-state index contributed by atoms with van der Waals surface area (Å²) < 4.78 is 5.86. The van der Waals surface area contributed by atoms with Crippen molar-refractivity contribution in [3.8, 4) is 22.7 Å². The van der Waals surface area contributed by atoms with E-state index in [4.69, 9.17) is 4.98 Å². The number of aromatic nitrogens is 9. The standard InChI is InChI=1S/C47H41N9O4/c1-28-38(44(57)53(49-28)32-18-9-5-10-19-32)42(39-29(2)50-54(45(39)58)33-20-11-6-12-21-33)36-26-17-27-37(48-36)43(40-30(3)51-55(46(40)59)34-22-13-7-14-23-34)41-31(4)52-56(47(41)60)35-24-15-8-16-25-35/h5-27,42-43,49-52H,1-4H3. The fourth-order valence-corrected chi connectivity index (χ4v) is 8.30. The Balaban J connectivity index is 1.31. The van der Waals surface area contributed by atoms with Gasteiger partial charge in [-0.05, 0) is 88.4 Å². The van der Waals surface area contributed by atoms with E-state index in [1.165, 1.54) is 18.7 Å². The largest absolute Gasteiger partial charge is 0.295 e. The molecule has 0 aliphatic rings. The molecule has 0 aliphatic carbocycles. The summed E-state index contributed by atoms with van der Waals surface area (Å²) in [5, 5.41) is 13.0. The molecular formula is C47H41N9O4. The van der Waals surface area contributed by atoms with Crippen molar-refractivity contribution < 1.29 is 0 Å². The number of rotatable bonds is 10. The van der Waals surface area contributed by atoms with E-state index in [-0.39, 0.29) is 22.2 Å². The van der Waals surface area contributed by atoms with Crippen LogP contribution in [0.15, 0.2) is 159 Å². The zero-order valence-electron chi connectivity index (χ0n) is 33.3. The van der Waals surface area contributed by atoms with Gasteiger partial charge >= 0.3 is 0 Å². The van der Waals surface area contributed by atoms with Crippen LogP contribution in [0.1, 0.15) is 68.3 Å². The molecule has 0 radical (unpaired) electrons. The van der Waals surface area contributed by atoms with E-state index in [1.54, 1.807) is 45.9 Å². The first-order valence-electron chi connectivity index (χ1n) is 19.6. The van der Waals surface area contributed by atoms with Crippen molar-refractivity contribution in [2.75, 3.05) is 0 Å². The van der Waals surface area contributed by atoms with Gasteiger partial charge in [-0.3, -0.25) is 44.6 Å². The third kappa shape index (κ3) is 6.32. The van der Waals surface area contributed by atoms with E-state index < -0.39 is 11.8 Å². The molecule has 0 fully saturated rings. The van der Waals surface area contributed by atoms with Gasteiger partial charge in [0.2, 0.25) is 0 Å². The lowest BCUT2D eigenvalue weighted by Gasteiger charge is -2.19. The Labute approximate surface area is 342 Å². The summed E-state index contributed by atoms with van der Waals surface area (Å²) in [6.07, 6.45) is 0. The van der Waals surface area contributed by atoms with E-state index in [2.05, 4.69) is 20.4 Å². The van der Waals surface area contributed by atoms with Gasteiger partial charge in [0.15, 0.2) is 0 Å². The number of aromatic amines is 4. The fourth-order valence-electron chi connectivity index (χ4n) is 8.30. The van der Waals surface area contributed by atoms with Gasteiger partial charge < -0.3 is 0 Å². The molecule has 4 N–H and O–H groups in total. The molecule has 298 valence electrons. The van der Waals surface area contributed by atoms with Crippen LogP contribution in [0.2, 0.25) is 0 Å². The molecule has 60 heavy (non-hydrogen) atoms. The maximum atomic E-state index is 14.7. The fraction of sp³-hybridized carbons (Fsp3) is 0.128. The van der Waals surface area contributed by atoms with Gasteiger partial charge in [0.1, 0.15) is 0 Å². The summed E-state index contributed by atoms with van der Waals surface area (Å²) in [6.45, 7) is 7.21. The molecule has 9 rings (SSSR count). The highest BCUT2D eigenvalue weighted by atomic mass is 16.1. The molecule has 0 bridgehead atoms. The van der Waals surface area contributed by atoms with Gasteiger partial charge in [-0.2, -0.15) is 0 Å². The van der Waals surface area contributed by atoms with Crippen LogP contribution >= 0.6 is 0 Å². The average molecular weight is 796 g/mol. The molecular weight excluding hydrogens is 755 g/mol. The number of nitrogens with one attached hydrogen (secondary N) is 4. The first kappa shape index (κ1) is 37.6. The van der Waals surface area contributed by atoms with E-state index in [0.29, 0.717) is 79.2 Å². The Morgan fingerprint density at radius 1 is 0.350 bits per heavy atom. The highest BCUT2D eigenvalue weighted by Gasteiger charge is 2.35. The van der Waals surface area contributed by atoms with Crippen LogP contribution in [0, 0.1) is 27.7 Å². The Morgan fingerprint density at radius 2 is 0.583 bits per heavy atom. The van der Waals surface area contributed by atoms with Gasteiger partial charge in [0.05, 0.1) is 68.2 Å². The minimum Gasteiger partial charge on any atom is -0.295 e. The van der Waals surface area contributed by atoms with Crippen molar-refractivity contribution in [3.05, 3.63) is 237 Å². The molecule has 13 nitrogen and oxygen atoms in total.